The minimum atomic E-state index is -0.118. The van der Waals surface area contributed by atoms with Gasteiger partial charge in [-0.2, -0.15) is 5.10 Å². The lowest BCUT2D eigenvalue weighted by molar-refractivity contribution is -0.110. The van der Waals surface area contributed by atoms with Crippen molar-refractivity contribution in [2.75, 3.05) is 17.7 Å². The first-order valence-electron chi connectivity index (χ1n) is 8.27. The summed E-state index contributed by atoms with van der Waals surface area (Å²) in [6.07, 6.45) is 2.42. The van der Waals surface area contributed by atoms with Crippen molar-refractivity contribution in [1.29, 1.82) is 0 Å². The van der Waals surface area contributed by atoms with Crippen LogP contribution in [0.1, 0.15) is 16.8 Å². The zero-order valence-electron chi connectivity index (χ0n) is 14.2. The number of aromatic nitrogens is 2. The molecule has 1 aliphatic heterocycles. The van der Waals surface area contributed by atoms with Gasteiger partial charge in [0.1, 0.15) is 5.75 Å². The zero-order chi connectivity index (χ0) is 17.9. The maximum atomic E-state index is 12.1. The van der Waals surface area contributed by atoms with Gasteiger partial charge in [0.25, 0.3) is 5.91 Å². The third-order valence-electron chi connectivity index (χ3n) is 4.26. The van der Waals surface area contributed by atoms with E-state index in [1.165, 1.54) is 0 Å². The van der Waals surface area contributed by atoms with E-state index in [4.69, 9.17) is 4.74 Å². The Balaban J connectivity index is 1.46. The normalized spacial score (nSPS) is 14.2. The van der Waals surface area contributed by atoms with Crippen molar-refractivity contribution in [3.05, 3.63) is 77.6 Å². The number of hydrogen-bond donors (Lipinski definition) is 3. The highest BCUT2D eigenvalue weighted by molar-refractivity contribution is 6.31. The van der Waals surface area contributed by atoms with Gasteiger partial charge in [-0.1, -0.05) is 30.3 Å². The quantitative estimate of drug-likeness (QED) is 0.619. The number of methoxy groups -OCH3 is 1. The maximum absolute atomic E-state index is 12.1. The van der Waals surface area contributed by atoms with Crippen molar-refractivity contribution in [3.8, 4) is 5.75 Å². The monoisotopic (exact) mass is 346 g/mol. The number of fused-ring (bicyclic) bond motifs is 1. The number of carbonyl (C=O) groups excluding carboxylic acids is 1. The second-order valence-corrected chi connectivity index (χ2v) is 6.01. The number of rotatable bonds is 5. The smallest absolute Gasteiger partial charge is 0.257 e. The molecule has 2 heterocycles. The van der Waals surface area contributed by atoms with Crippen LogP contribution in [0.4, 0.5) is 11.5 Å². The van der Waals surface area contributed by atoms with Gasteiger partial charge in [-0.15, -0.1) is 0 Å². The number of para-hydroxylation sites is 1. The standard InChI is InChI=1S/C20H18N4O2/c1-26-15-8-6-13(7-9-15)10-14-11-19(24-23-14)21-12-17-16-4-2-3-5-18(16)22-20(17)25/h2-9,11-12H,10H2,1H3,(H,22,25)(H2,21,23,24)/b17-12+. The summed E-state index contributed by atoms with van der Waals surface area (Å²) in [4.78, 5) is 12.1. The van der Waals surface area contributed by atoms with Crippen LogP contribution in [0.3, 0.4) is 0 Å². The number of H-pyrrole nitrogens is 1. The Morgan fingerprint density at radius 3 is 2.77 bits per heavy atom. The van der Waals surface area contributed by atoms with E-state index in [-0.39, 0.29) is 5.91 Å². The molecule has 0 radical (unpaired) electrons. The molecule has 0 unspecified atom stereocenters. The average Bonchev–Trinajstić information content (AvgIpc) is 3.24. The number of carbonyl (C=O) groups is 1. The number of nitrogens with zero attached hydrogens (tertiary/aromatic N) is 1. The van der Waals surface area contributed by atoms with Crippen molar-refractivity contribution < 1.29 is 9.53 Å². The molecule has 130 valence electrons. The van der Waals surface area contributed by atoms with Crippen LogP contribution >= 0.6 is 0 Å². The topological polar surface area (TPSA) is 79.0 Å². The molecule has 26 heavy (non-hydrogen) atoms. The molecule has 1 amide bonds. The summed E-state index contributed by atoms with van der Waals surface area (Å²) in [5.74, 6) is 1.38. The van der Waals surface area contributed by atoms with Crippen LogP contribution in [0.5, 0.6) is 5.75 Å². The molecular formula is C20H18N4O2. The lowest BCUT2D eigenvalue weighted by Crippen LogP contribution is -2.05. The Morgan fingerprint density at radius 2 is 1.96 bits per heavy atom. The third kappa shape index (κ3) is 3.17. The average molecular weight is 346 g/mol. The Hall–Kier alpha value is -3.54. The van der Waals surface area contributed by atoms with E-state index in [1.807, 2.05) is 54.6 Å². The molecule has 4 rings (SSSR count). The van der Waals surface area contributed by atoms with Gasteiger partial charge in [0.2, 0.25) is 0 Å². The van der Waals surface area contributed by atoms with Crippen LogP contribution in [-0.2, 0) is 11.2 Å². The summed E-state index contributed by atoms with van der Waals surface area (Å²) in [5.41, 5.74) is 4.45. The van der Waals surface area contributed by atoms with Crippen molar-refractivity contribution in [1.82, 2.24) is 10.2 Å². The van der Waals surface area contributed by atoms with Gasteiger partial charge in [0, 0.05) is 35.6 Å². The maximum Gasteiger partial charge on any atom is 0.257 e. The highest BCUT2D eigenvalue weighted by Crippen LogP contribution is 2.31. The number of aromatic amines is 1. The second-order valence-electron chi connectivity index (χ2n) is 6.01. The van der Waals surface area contributed by atoms with Gasteiger partial charge in [0.05, 0.1) is 12.7 Å². The SMILES string of the molecule is COc1ccc(Cc2cc(N/C=C3/C(=O)Nc4ccccc43)n[nH]2)cc1. The molecular weight excluding hydrogens is 328 g/mol. The highest BCUT2D eigenvalue weighted by atomic mass is 16.5. The van der Waals surface area contributed by atoms with E-state index in [1.54, 1.807) is 13.3 Å². The lowest BCUT2D eigenvalue weighted by atomic mass is 10.1. The van der Waals surface area contributed by atoms with Gasteiger partial charge in [-0.3, -0.25) is 9.89 Å². The van der Waals surface area contributed by atoms with Crippen LogP contribution in [0.15, 0.2) is 60.8 Å². The first-order chi connectivity index (χ1) is 12.7. The molecule has 0 aliphatic carbocycles. The molecule has 0 atom stereocenters. The van der Waals surface area contributed by atoms with E-state index in [2.05, 4.69) is 20.8 Å². The molecule has 0 fully saturated rings. The molecule has 0 saturated heterocycles. The molecule has 3 N–H and O–H groups in total. The van der Waals surface area contributed by atoms with Gasteiger partial charge < -0.3 is 15.4 Å². The Morgan fingerprint density at radius 1 is 1.15 bits per heavy atom. The fraction of sp³-hybridized carbons (Fsp3) is 0.100. The van der Waals surface area contributed by atoms with Gasteiger partial charge >= 0.3 is 0 Å². The van der Waals surface area contributed by atoms with E-state index in [0.717, 1.165) is 34.7 Å². The van der Waals surface area contributed by atoms with Gasteiger partial charge in [-0.05, 0) is 23.8 Å². The molecule has 3 aromatic rings. The molecule has 6 nitrogen and oxygen atoms in total. The minimum Gasteiger partial charge on any atom is -0.497 e. The predicted molar refractivity (Wildman–Crippen MR) is 101 cm³/mol. The molecule has 0 bridgehead atoms. The fourth-order valence-corrected chi connectivity index (χ4v) is 2.92. The van der Waals surface area contributed by atoms with Crippen LogP contribution in [0.25, 0.3) is 5.57 Å². The predicted octanol–water partition coefficient (Wildman–Crippen LogP) is 3.41. The third-order valence-corrected chi connectivity index (χ3v) is 4.26. The van der Waals surface area contributed by atoms with Crippen LogP contribution in [0.2, 0.25) is 0 Å². The number of anilines is 2. The Labute approximate surface area is 150 Å². The second kappa shape index (κ2) is 6.76. The minimum absolute atomic E-state index is 0.118. The summed E-state index contributed by atoms with van der Waals surface area (Å²) < 4.78 is 5.17. The molecule has 0 spiro atoms. The van der Waals surface area contributed by atoms with Crippen molar-refractivity contribution >= 4 is 23.0 Å². The molecule has 1 aromatic heterocycles. The lowest BCUT2D eigenvalue weighted by Gasteiger charge is -2.01. The summed E-state index contributed by atoms with van der Waals surface area (Å²) in [6, 6.07) is 17.5. The van der Waals surface area contributed by atoms with E-state index < -0.39 is 0 Å². The largest absolute Gasteiger partial charge is 0.497 e. The molecule has 6 heteroatoms. The summed E-state index contributed by atoms with van der Waals surface area (Å²) in [5, 5.41) is 13.2. The summed E-state index contributed by atoms with van der Waals surface area (Å²) >= 11 is 0. The first kappa shape index (κ1) is 16.0. The number of benzene rings is 2. The van der Waals surface area contributed by atoms with Crippen molar-refractivity contribution in [2.45, 2.75) is 6.42 Å². The molecule has 0 saturated carbocycles. The summed E-state index contributed by atoms with van der Waals surface area (Å²) in [6.45, 7) is 0. The fourth-order valence-electron chi connectivity index (χ4n) is 2.92. The highest BCUT2D eigenvalue weighted by Gasteiger charge is 2.23. The van der Waals surface area contributed by atoms with Crippen LogP contribution < -0.4 is 15.4 Å². The van der Waals surface area contributed by atoms with Crippen LogP contribution in [-0.4, -0.2) is 23.2 Å². The van der Waals surface area contributed by atoms with E-state index >= 15 is 0 Å². The van der Waals surface area contributed by atoms with E-state index in [9.17, 15) is 4.79 Å². The van der Waals surface area contributed by atoms with Crippen molar-refractivity contribution in [3.63, 3.8) is 0 Å². The first-order valence-corrected chi connectivity index (χ1v) is 8.27. The number of hydrogen-bond acceptors (Lipinski definition) is 4. The molecule has 1 aliphatic rings. The molecule has 2 aromatic carbocycles. The van der Waals surface area contributed by atoms with E-state index in [0.29, 0.717) is 11.4 Å². The Kier molecular flexibility index (Phi) is 4.15. The van der Waals surface area contributed by atoms with Crippen LogP contribution in [0, 0.1) is 0 Å². The number of ether oxygens (including phenoxy) is 1. The zero-order valence-corrected chi connectivity index (χ0v) is 14.2. The van der Waals surface area contributed by atoms with Crippen molar-refractivity contribution in [2.24, 2.45) is 0 Å². The summed E-state index contributed by atoms with van der Waals surface area (Å²) in [7, 11) is 1.65. The van der Waals surface area contributed by atoms with Gasteiger partial charge in [0.15, 0.2) is 5.82 Å². The van der Waals surface area contributed by atoms with Gasteiger partial charge in [-0.25, -0.2) is 0 Å². The number of amides is 1. The Bertz CT molecular complexity index is 973. The number of nitrogens with one attached hydrogen (secondary N) is 3.